The van der Waals surface area contributed by atoms with Gasteiger partial charge in [0.15, 0.2) is 6.23 Å². The smallest absolute Gasteiger partial charge is 0.203 e. The maximum atomic E-state index is 10.1. The molecular weight excluding hydrogens is 321 g/mol. The molecule has 0 bridgehead atoms. The molecule has 1 aliphatic rings. The van der Waals surface area contributed by atoms with Crippen molar-refractivity contribution in [3.8, 4) is 0 Å². The predicted molar refractivity (Wildman–Crippen MR) is 77.2 cm³/mol. The topological polar surface area (TPSA) is 114 Å². The summed E-state index contributed by atoms with van der Waals surface area (Å²) in [6.07, 6.45) is -4.35. The van der Waals surface area contributed by atoms with Gasteiger partial charge in [0.2, 0.25) is 5.95 Å². The van der Waals surface area contributed by atoms with Crippen LogP contribution < -0.4 is 5.73 Å². The summed E-state index contributed by atoms with van der Waals surface area (Å²) >= 11 is 11.9. The number of nitrogens with zero attached hydrogens (tertiary/aromatic N) is 2. The Morgan fingerprint density at radius 1 is 1.24 bits per heavy atom. The molecule has 0 unspecified atom stereocenters. The van der Waals surface area contributed by atoms with Crippen LogP contribution in [0.15, 0.2) is 12.1 Å². The van der Waals surface area contributed by atoms with Gasteiger partial charge in [0.1, 0.15) is 18.3 Å². The summed E-state index contributed by atoms with van der Waals surface area (Å²) < 4.78 is 6.87. The van der Waals surface area contributed by atoms with E-state index in [-0.39, 0.29) is 5.95 Å². The highest BCUT2D eigenvalue weighted by molar-refractivity contribution is 6.42. The molecule has 2 heterocycles. The fourth-order valence-electron chi connectivity index (χ4n) is 2.47. The Balaban J connectivity index is 2.12. The molecule has 1 saturated heterocycles. The molecule has 7 nitrogen and oxygen atoms in total. The first kappa shape index (κ1) is 14.8. The fraction of sp³-hybridized carbons (Fsp3) is 0.417. The third-order valence-corrected chi connectivity index (χ3v) is 4.25. The summed E-state index contributed by atoms with van der Waals surface area (Å²) in [4.78, 5) is 4.13. The lowest BCUT2D eigenvalue weighted by atomic mass is 10.1. The van der Waals surface area contributed by atoms with Gasteiger partial charge in [0.25, 0.3) is 0 Å². The molecule has 1 fully saturated rings. The average molecular weight is 334 g/mol. The first-order chi connectivity index (χ1) is 9.93. The summed E-state index contributed by atoms with van der Waals surface area (Å²) in [5.74, 6) is 0.0816. The van der Waals surface area contributed by atoms with Crippen LogP contribution in [0.25, 0.3) is 11.0 Å². The average Bonchev–Trinajstić information content (AvgIpc) is 2.89. The molecule has 0 saturated carbocycles. The van der Waals surface area contributed by atoms with Crippen LogP contribution in [0.3, 0.4) is 0 Å². The maximum Gasteiger partial charge on any atom is 0.203 e. The number of nitrogen functional groups attached to an aromatic ring is 1. The number of rotatable bonds is 2. The van der Waals surface area contributed by atoms with Gasteiger partial charge in [-0.15, -0.1) is 0 Å². The predicted octanol–water partition coefficient (Wildman–Crippen LogP) is 0.537. The van der Waals surface area contributed by atoms with Crippen molar-refractivity contribution in [2.24, 2.45) is 0 Å². The summed E-state index contributed by atoms with van der Waals surface area (Å²) in [5.41, 5.74) is 6.85. The molecule has 3 rings (SSSR count). The van der Waals surface area contributed by atoms with E-state index in [2.05, 4.69) is 4.98 Å². The van der Waals surface area contributed by atoms with Crippen LogP contribution in [0.4, 0.5) is 5.95 Å². The minimum atomic E-state index is -1.25. The molecule has 4 atom stereocenters. The molecule has 21 heavy (non-hydrogen) atoms. The van der Waals surface area contributed by atoms with Crippen molar-refractivity contribution < 1.29 is 20.1 Å². The first-order valence-electron chi connectivity index (χ1n) is 6.19. The zero-order valence-corrected chi connectivity index (χ0v) is 12.2. The van der Waals surface area contributed by atoms with E-state index in [1.54, 1.807) is 12.1 Å². The van der Waals surface area contributed by atoms with E-state index in [1.807, 2.05) is 0 Å². The van der Waals surface area contributed by atoms with E-state index in [9.17, 15) is 10.2 Å². The molecule has 5 N–H and O–H groups in total. The quantitative estimate of drug-likeness (QED) is 0.637. The van der Waals surface area contributed by atoms with Crippen molar-refractivity contribution in [1.82, 2.24) is 9.55 Å². The third kappa shape index (κ3) is 2.26. The first-order valence-corrected chi connectivity index (χ1v) is 6.94. The van der Waals surface area contributed by atoms with Crippen LogP contribution in [0.2, 0.25) is 10.0 Å². The highest BCUT2D eigenvalue weighted by atomic mass is 35.5. The molecule has 114 valence electrons. The number of benzene rings is 1. The van der Waals surface area contributed by atoms with E-state index in [0.717, 1.165) is 0 Å². The van der Waals surface area contributed by atoms with Crippen LogP contribution in [0, 0.1) is 0 Å². The molecule has 0 radical (unpaired) electrons. The summed E-state index contributed by atoms with van der Waals surface area (Å²) in [6, 6.07) is 3.10. The lowest BCUT2D eigenvalue weighted by Crippen LogP contribution is -2.33. The lowest BCUT2D eigenvalue weighted by Gasteiger charge is -2.18. The number of ether oxygens (including phenoxy) is 1. The zero-order chi connectivity index (χ0) is 15.3. The van der Waals surface area contributed by atoms with Gasteiger partial charge >= 0.3 is 0 Å². The Labute approximate surface area is 129 Å². The Morgan fingerprint density at radius 3 is 2.52 bits per heavy atom. The van der Waals surface area contributed by atoms with Crippen molar-refractivity contribution in [3.05, 3.63) is 22.2 Å². The van der Waals surface area contributed by atoms with Gasteiger partial charge in [-0.1, -0.05) is 23.2 Å². The SMILES string of the molecule is Nc1nc2cc(Cl)c(Cl)cc2n1[C@@H]1O[C@H](CO)[C@@H](O)[C@H]1O. The minimum absolute atomic E-state index is 0.0816. The lowest BCUT2D eigenvalue weighted by molar-refractivity contribution is -0.0498. The van der Waals surface area contributed by atoms with Gasteiger partial charge in [0.05, 0.1) is 27.7 Å². The van der Waals surface area contributed by atoms with Crippen LogP contribution >= 0.6 is 23.2 Å². The van der Waals surface area contributed by atoms with Gasteiger partial charge in [-0.3, -0.25) is 4.57 Å². The van der Waals surface area contributed by atoms with E-state index >= 15 is 0 Å². The van der Waals surface area contributed by atoms with Crippen LogP contribution in [-0.2, 0) is 4.74 Å². The van der Waals surface area contributed by atoms with E-state index in [0.29, 0.717) is 21.1 Å². The second-order valence-corrected chi connectivity index (χ2v) is 5.64. The Kier molecular flexibility index (Phi) is 3.73. The maximum absolute atomic E-state index is 10.1. The second-order valence-electron chi connectivity index (χ2n) is 4.82. The standard InChI is InChI=1S/C12H13Cl2N3O4/c13-4-1-6-7(2-5(4)14)17(12(15)16-6)11-10(20)9(19)8(3-18)21-11/h1-2,8-11,18-20H,3H2,(H2,15,16)/t8-,9-,10-,11-/m1/s1. The van der Waals surface area contributed by atoms with Crippen molar-refractivity contribution in [3.63, 3.8) is 0 Å². The number of hydrogen-bond acceptors (Lipinski definition) is 6. The van der Waals surface area contributed by atoms with Crippen molar-refractivity contribution in [2.75, 3.05) is 12.3 Å². The number of nitrogens with two attached hydrogens (primary N) is 1. The second kappa shape index (κ2) is 5.28. The van der Waals surface area contributed by atoms with Crippen molar-refractivity contribution in [1.29, 1.82) is 0 Å². The minimum Gasteiger partial charge on any atom is -0.394 e. The van der Waals surface area contributed by atoms with E-state index < -0.39 is 31.1 Å². The van der Waals surface area contributed by atoms with Gasteiger partial charge in [-0.25, -0.2) is 4.98 Å². The summed E-state index contributed by atoms with van der Waals surface area (Å²) in [7, 11) is 0. The van der Waals surface area contributed by atoms with Gasteiger partial charge in [-0.2, -0.15) is 0 Å². The fourth-order valence-corrected chi connectivity index (χ4v) is 2.79. The zero-order valence-electron chi connectivity index (χ0n) is 10.6. The van der Waals surface area contributed by atoms with Crippen molar-refractivity contribution >= 4 is 40.2 Å². The number of fused-ring (bicyclic) bond motifs is 1. The van der Waals surface area contributed by atoms with Crippen LogP contribution in [-0.4, -0.2) is 49.8 Å². The Hall–Kier alpha value is -1.09. The number of aliphatic hydroxyl groups excluding tert-OH is 3. The number of aliphatic hydroxyl groups is 3. The summed E-state index contributed by atoms with van der Waals surface area (Å²) in [6.45, 7) is -0.423. The summed E-state index contributed by atoms with van der Waals surface area (Å²) in [5, 5.41) is 29.7. The highest BCUT2D eigenvalue weighted by Gasteiger charge is 2.44. The van der Waals surface area contributed by atoms with Crippen molar-refractivity contribution in [2.45, 2.75) is 24.5 Å². The number of imidazole rings is 1. The molecule has 0 spiro atoms. The molecule has 9 heteroatoms. The molecule has 1 aromatic heterocycles. The Morgan fingerprint density at radius 2 is 1.90 bits per heavy atom. The van der Waals surface area contributed by atoms with E-state index in [1.165, 1.54) is 4.57 Å². The van der Waals surface area contributed by atoms with E-state index in [4.69, 9.17) is 38.8 Å². The molecular formula is C12H13Cl2N3O4. The monoisotopic (exact) mass is 333 g/mol. The molecule has 0 amide bonds. The molecule has 1 aromatic carbocycles. The third-order valence-electron chi connectivity index (χ3n) is 3.53. The number of hydrogen-bond donors (Lipinski definition) is 4. The highest BCUT2D eigenvalue weighted by Crippen LogP contribution is 2.36. The van der Waals surface area contributed by atoms with Crippen LogP contribution in [0.1, 0.15) is 6.23 Å². The largest absolute Gasteiger partial charge is 0.394 e. The molecule has 0 aliphatic carbocycles. The Bertz CT molecular complexity index is 693. The molecule has 1 aliphatic heterocycles. The van der Waals surface area contributed by atoms with Gasteiger partial charge in [0, 0.05) is 0 Å². The number of halogens is 2. The normalized spacial score (nSPS) is 29.4. The molecule has 2 aromatic rings. The van der Waals surface area contributed by atoms with Gasteiger partial charge in [-0.05, 0) is 12.1 Å². The van der Waals surface area contributed by atoms with Crippen LogP contribution in [0.5, 0.6) is 0 Å². The number of anilines is 1. The van der Waals surface area contributed by atoms with Gasteiger partial charge < -0.3 is 25.8 Å². The number of aromatic nitrogens is 2.